The van der Waals surface area contributed by atoms with E-state index in [9.17, 15) is 10.2 Å². The van der Waals surface area contributed by atoms with Crippen LogP contribution in [-0.2, 0) is 21.0 Å². The first-order chi connectivity index (χ1) is 12.7. The molecule has 3 rings (SSSR count). The molecule has 0 heterocycles. The molecule has 0 aliphatic carbocycles. The van der Waals surface area contributed by atoms with Crippen molar-refractivity contribution in [2.45, 2.75) is 0 Å². The molecule has 2 N–H and O–H groups in total. The Bertz CT molecular complexity index is 852. The normalized spacial score (nSPS) is 10.6. The van der Waals surface area contributed by atoms with Gasteiger partial charge in [-0.3, -0.25) is 9.98 Å². The fourth-order valence-corrected chi connectivity index (χ4v) is 2.15. The summed E-state index contributed by atoms with van der Waals surface area (Å²) in [7, 11) is 0. The third-order valence-corrected chi connectivity index (χ3v) is 3.44. The molecule has 0 saturated heterocycles. The number of para-hydroxylation sites is 4. The Morgan fingerprint density at radius 2 is 0.962 bits per heavy atom. The van der Waals surface area contributed by atoms with Gasteiger partial charge in [-0.05, 0) is 36.4 Å². The van der Waals surface area contributed by atoms with Gasteiger partial charge in [-0.15, -0.1) is 0 Å². The summed E-state index contributed by atoms with van der Waals surface area (Å²) >= 11 is 1.06. The Hall–Kier alpha value is -3.02. The van der Waals surface area contributed by atoms with Gasteiger partial charge in [0.15, 0.2) is 0 Å². The van der Waals surface area contributed by atoms with Crippen LogP contribution in [0, 0.1) is 0 Å². The van der Waals surface area contributed by atoms with Crippen LogP contribution in [0.2, 0.25) is 0 Å². The molecule has 0 unspecified atom stereocenters. The monoisotopic (exact) mass is 383 g/mol. The van der Waals surface area contributed by atoms with E-state index in [2.05, 4.69) is 9.98 Å². The molecule has 0 bridgehead atoms. The molecule has 0 spiro atoms. The van der Waals surface area contributed by atoms with E-state index in [0.717, 1.165) is 17.4 Å². The van der Waals surface area contributed by atoms with Gasteiger partial charge in [0.1, 0.15) is 11.5 Å². The van der Waals surface area contributed by atoms with Crippen LogP contribution < -0.4 is 0 Å². The van der Waals surface area contributed by atoms with Gasteiger partial charge >= 0.3 is 21.0 Å². The van der Waals surface area contributed by atoms with Gasteiger partial charge in [-0.1, -0.05) is 36.4 Å². The van der Waals surface area contributed by atoms with E-state index in [1.165, 1.54) is 0 Å². The first-order valence-electron chi connectivity index (χ1n) is 7.65. The Morgan fingerprint density at radius 1 is 0.615 bits per heavy atom. The predicted octanol–water partition coefficient (Wildman–Crippen LogP) is 4.48. The molecule has 6 heteroatoms. The molecule has 0 radical (unpaired) electrons. The number of phenolic OH excluding ortho intramolecular Hbond substituents is 2. The summed E-state index contributed by atoms with van der Waals surface area (Å²) in [4.78, 5) is 8.82. The zero-order valence-corrected chi connectivity index (χ0v) is 15.1. The van der Waals surface area contributed by atoms with Crippen molar-refractivity contribution in [3.8, 4) is 11.5 Å². The molecular weight excluding hydrogens is 367 g/mol. The molecule has 5 nitrogen and oxygen atoms in total. The van der Waals surface area contributed by atoms with Gasteiger partial charge in [-0.25, -0.2) is 0 Å². The Morgan fingerprint density at radius 3 is 1.35 bits per heavy atom. The number of hydrogen-bond acceptors (Lipinski definition) is 5. The minimum absolute atomic E-state index is 0.177. The van der Waals surface area contributed by atoms with E-state index in [1.54, 1.807) is 48.8 Å². The van der Waals surface area contributed by atoms with Crippen LogP contribution in [0.1, 0.15) is 11.1 Å². The average Bonchev–Trinajstić information content (AvgIpc) is 2.69. The zero-order chi connectivity index (χ0) is 18.8. The van der Waals surface area contributed by atoms with Gasteiger partial charge in [0.25, 0.3) is 0 Å². The molecule has 3 aromatic rings. The molecule has 26 heavy (non-hydrogen) atoms. The van der Waals surface area contributed by atoms with Crippen molar-refractivity contribution in [1.29, 1.82) is 0 Å². The standard InChI is InChI=1S/C20H16N2O2.O.V/c23-19-11-5-1-7-15(19)13-21-17-9-3-4-10-18(17)22-14-16-8-2-6-12-20(16)24;;/h1-14,23-24H;;. The maximum atomic E-state index is 9.79. The molecule has 0 amide bonds. The molecule has 0 aliphatic rings. The summed E-state index contributed by atoms with van der Waals surface area (Å²) < 4.78 is 8.19. The molecule has 0 atom stereocenters. The maximum absolute atomic E-state index is 9.79. The van der Waals surface area contributed by atoms with Crippen molar-refractivity contribution in [3.05, 3.63) is 83.9 Å². The van der Waals surface area contributed by atoms with Crippen LogP contribution >= 0.6 is 0 Å². The molecular formula is C20H16N2O3V. The number of phenols is 2. The van der Waals surface area contributed by atoms with E-state index in [4.69, 9.17) is 3.67 Å². The van der Waals surface area contributed by atoms with E-state index in [1.807, 2.05) is 36.4 Å². The third-order valence-electron chi connectivity index (χ3n) is 3.44. The van der Waals surface area contributed by atoms with Crippen molar-refractivity contribution in [3.63, 3.8) is 0 Å². The zero-order valence-electron chi connectivity index (χ0n) is 13.7. The number of nitrogens with zero attached hydrogens (tertiary/aromatic N) is 2. The minimum atomic E-state index is 0.177. The number of aliphatic imine (C=N–C) groups is 2. The second-order valence-electron chi connectivity index (χ2n) is 5.12. The van der Waals surface area contributed by atoms with Gasteiger partial charge in [0.05, 0.1) is 11.4 Å². The van der Waals surface area contributed by atoms with Gasteiger partial charge in [-0.2, -0.15) is 0 Å². The second-order valence-corrected chi connectivity index (χ2v) is 5.12. The summed E-state index contributed by atoms with van der Waals surface area (Å²) in [6, 6.07) is 21.4. The van der Waals surface area contributed by atoms with Crippen molar-refractivity contribution in [2.75, 3.05) is 0 Å². The van der Waals surface area contributed by atoms with E-state index in [0.29, 0.717) is 22.5 Å². The fraction of sp³-hybridized carbons (Fsp3) is 0. The van der Waals surface area contributed by atoms with Gasteiger partial charge in [0.2, 0.25) is 0 Å². The summed E-state index contributed by atoms with van der Waals surface area (Å²) in [6.07, 6.45) is 3.20. The van der Waals surface area contributed by atoms with Crippen molar-refractivity contribution in [2.24, 2.45) is 9.98 Å². The van der Waals surface area contributed by atoms with Gasteiger partial charge in [0, 0.05) is 23.6 Å². The Labute approximate surface area is 160 Å². The van der Waals surface area contributed by atoms with Crippen LogP contribution in [0.25, 0.3) is 0 Å². The first-order valence-corrected chi connectivity index (χ1v) is 8.22. The molecule has 3 aromatic carbocycles. The van der Waals surface area contributed by atoms with E-state index >= 15 is 0 Å². The molecule has 0 saturated carbocycles. The molecule has 0 fully saturated rings. The predicted molar refractivity (Wildman–Crippen MR) is 97.9 cm³/mol. The quantitative estimate of drug-likeness (QED) is 0.652. The van der Waals surface area contributed by atoms with Crippen LogP contribution in [0.3, 0.4) is 0 Å². The Balaban J connectivity index is 0.00000117. The number of rotatable bonds is 4. The van der Waals surface area contributed by atoms with Crippen molar-refractivity contribution in [1.82, 2.24) is 0 Å². The summed E-state index contributed by atoms with van der Waals surface area (Å²) in [5.41, 5.74) is 2.62. The topological polar surface area (TPSA) is 82.2 Å². The molecule has 0 aromatic heterocycles. The Kier molecular flexibility index (Phi) is 7.49. The average molecular weight is 383 g/mol. The van der Waals surface area contributed by atoms with Crippen LogP contribution in [0.5, 0.6) is 11.5 Å². The van der Waals surface area contributed by atoms with E-state index in [-0.39, 0.29) is 11.5 Å². The summed E-state index contributed by atoms with van der Waals surface area (Å²) in [5.74, 6) is 0.355. The van der Waals surface area contributed by atoms with E-state index < -0.39 is 0 Å². The van der Waals surface area contributed by atoms with Gasteiger partial charge < -0.3 is 10.2 Å². The van der Waals surface area contributed by atoms with Crippen LogP contribution in [-0.4, -0.2) is 22.6 Å². The molecule has 0 aliphatic heterocycles. The number of benzene rings is 3. The summed E-state index contributed by atoms with van der Waals surface area (Å²) in [6.45, 7) is 0. The fourth-order valence-electron chi connectivity index (χ4n) is 2.15. The van der Waals surface area contributed by atoms with Crippen LogP contribution in [0.15, 0.2) is 82.8 Å². The SMILES string of the molecule is Oc1ccccc1C=Nc1ccccc1N=Cc1ccccc1O.[O]=[V]. The number of hydrogen-bond donors (Lipinski definition) is 2. The molecule has 129 valence electrons. The third kappa shape index (κ3) is 5.24. The van der Waals surface area contributed by atoms with Crippen molar-refractivity contribution < 1.29 is 31.3 Å². The summed E-state index contributed by atoms with van der Waals surface area (Å²) in [5, 5.41) is 19.6. The second kappa shape index (κ2) is 10.1. The first kappa shape index (κ1) is 19.3. The number of aromatic hydroxyl groups is 2. The van der Waals surface area contributed by atoms with Crippen molar-refractivity contribution >= 4 is 23.8 Å². The van der Waals surface area contributed by atoms with Crippen LogP contribution in [0.4, 0.5) is 11.4 Å².